The number of ether oxygens (including phenoxy) is 1. The highest BCUT2D eigenvalue weighted by molar-refractivity contribution is 5.96. The summed E-state index contributed by atoms with van der Waals surface area (Å²) in [7, 11) is 0. The van der Waals surface area contributed by atoms with Crippen molar-refractivity contribution >= 4 is 35.1 Å². The zero-order valence-electron chi connectivity index (χ0n) is 13.0. The molecule has 0 radical (unpaired) electrons. The molecule has 25 heavy (non-hydrogen) atoms. The molecule has 0 bridgehead atoms. The van der Waals surface area contributed by atoms with Crippen molar-refractivity contribution in [1.29, 1.82) is 0 Å². The minimum atomic E-state index is -4.66. The molecule has 1 aliphatic rings. The molecule has 3 N–H and O–H groups in total. The standard InChI is InChI=1S/C15H16F3N3O3.ClH/c16-15(17,18)14-21-10-7-9(1-2-11(10)24-14)20-13(22)12(19)8-3-5-23-6-4-8;/h1-2,7-8,12H,3-6,19H2,(H,20,22);1H. The van der Waals surface area contributed by atoms with Gasteiger partial charge in [0, 0.05) is 18.9 Å². The van der Waals surface area contributed by atoms with Crippen LogP contribution in [0.15, 0.2) is 22.6 Å². The molecule has 1 aliphatic heterocycles. The molecule has 0 aliphatic carbocycles. The number of fused-ring (bicyclic) bond motifs is 1. The SMILES string of the molecule is Cl.NC(C(=O)Nc1ccc2oc(C(F)(F)F)nc2c1)C1CCOCC1. The van der Waals surface area contributed by atoms with Gasteiger partial charge in [0.1, 0.15) is 5.52 Å². The third-order valence-corrected chi connectivity index (χ3v) is 3.97. The van der Waals surface area contributed by atoms with E-state index in [1.165, 1.54) is 18.2 Å². The fourth-order valence-corrected chi connectivity index (χ4v) is 2.64. The number of nitrogens with one attached hydrogen (secondary N) is 1. The summed E-state index contributed by atoms with van der Waals surface area (Å²) in [5.74, 6) is -1.69. The predicted octanol–water partition coefficient (Wildman–Crippen LogP) is 2.96. The molecule has 2 aromatic rings. The Hall–Kier alpha value is -1.84. The molecule has 138 valence electrons. The van der Waals surface area contributed by atoms with E-state index in [0.717, 1.165) is 0 Å². The average Bonchev–Trinajstić information content (AvgIpc) is 2.98. The summed E-state index contributed by atoms with van der Waals surface area (Å²) in [5, 5.41) is 2.61. The van der Waals surface area contributed by atoms with E-state index >= 15 is 0 Å². The first kappa shape index (κ1) is 19.5. The molecule has 1 saturated heterocycles. The van der Waals surface area contributed by atoms with Crippen LogP contribution >= 0.6 is 12.4 Å². The van der Waals surface area contributed by atoms with Gasteiger partial charge < -0.3 is 20.2 Å². The Morgan fingerprint density at radius 3 is 2.64 bits per heavy atom. The van der Waals surface area contributed by atoms with Crippen LogP contribution in [0.25, 0.3) is 11.1 Å². The number of benzene rings is 1. The van der Waals surface area contributed by atoms with Gasteiger partial charge in [0.25, 0.3) is 0 Å². The molecular formula is C15H17ClF3N3O3. The zero-order chi connectivity index (χ0) is 17.3. The van der Waals surface area contributed by atoms with Crippen molar-refractivity contribution in [3.8, 4) is 0 Å². The summed E-state index contributed by atoms with van der Waals surface area (Å²) in [6.45, 7) is 1.13. The van der Waals surface area contributed by atoms with Crippen LogP contribution < -0.4 is 11.1 Å². The maximum absolute atomic E-state index is 12.6. The van der Waals surface area contributed by atoms with Crippen molar-refractivity contribution in [3.05, 3.63) is 24.1 Å². The largest absolute Gasteiger partial charge is 0.468 e. The number of hydrogen-bond donors (Lipinski definition) is 2. The number of anilines is 1. The van der Waals surface area contributed by atoms with Gasteiger partial charge in [-0.2, -0.15) is 13.2 Å². The third kappa shape index (κ3) is 4.42. The lowest BCUT2D eigenvalue weighted by molar-refractivity contribution is -0.156. The van der Waals surface area contributed by atoms with Crippen LogP contribution in [0.3, 0.4) is 0 Å². The van der Waals surface area contributed by atoms with Crippen molar-refractivity contribution < 1.29 is 27.1 Å². The number of nitrogens with zero attached hydrogens (tertiary/aromatic N) is 1. The second-order valence-electron chi connectivity index (χ2n) is 5.66. The predicted molar refractivity (Wildman–Crippen MR) is 86.4 cm³/mol. The van der Waals surface area contributed by atoms with Gasteiger partial charge in [-0.05, 0) is 37.0 Å². The molecule has 10 heteroatoms. The first-order chi connectivity index (χ1) is 11.3. The number of halogens is 4. The van der Waals surface area contributed by atoms with Crippen LogP contribution in [0.5, 0.6) is 0 Å². The van der Waals surface area contributed by atoms with Crippen LogP contribution in [0.4, 0.5) is 18.9 Å². The normalized spacial score (nSPS) is 17.1. The topological polar surface area (TPSA) is 90.4 Å². The molecule has 1 fully saturated rings. The Labute approximate surface area is 147 Å². The maximum Gasteiger partial charge on any atom is 0.468 e. The smallest absolute Gasteiger partial charge is 0.433 e. The van der Waals surface area contributed by atoms with Gasteiger partial charge in [-0.15, -0.1) is 12.4 Å². The number of aromatic nitrogens is 1. The van der Waals surface area contributed by atoms with Gasteiger partial charge >= 0.3 is 12.1 Å². The van der Waals surface area contributed by atoms with E-state index in [1.807, 2.05) is 0 Å². The highest BCUT2D eigenvalue weighted by Gasteiger charge is 2.37. The van der Waals surface area contributed by atoms with Crippen LogP contribution in [0.2, 0.25) is 0 Å². The Morgan fingerprint density at radius 2 is 2.00 bits per heavy atom. The molecule has 0 saturated carbocycles. The molecule has 0 spiro atoms. The van der Waals surface area contributed by atoms with Crippen LogP contribution in [0, 0.1) is 5.92 Å². The van der Waals surface area contributed by atoms with Crippen molar-refractivity contribution in [1.82, 2.24) is 4.98 Å². The molecule has 1 aromatic carbocycles. The zero-order valence-corrected chi connectivity index (χ0v) is 13.8. The fourth-order valence-electron chi connectivity index (χ4n) is 2.64. The summed E-state index contributed by atoms with van der Waals surface area (Å²) in [6, 6.07) is 3.39. The van der Waals surface area contributed by atoms with E-state index in [-0.39, 0.29) is 35.3 Å². The summed E-state index contributed by atoms with van der Waals surface area (Å²) >= 11 is 0. The highest BCUT2D eigenvalue weighted by Crippen LogP contribution is 2.32. The van der Waals surface area contributed by atoms with Gasteiger partial charge in [-0.1, -0.05) is 0 Å². The number of rotatable bonds is 3. The summed E-state index contributed by atoms with van der Waals surface area (Å²) in [5.41, 5.74) is 6.29. The molecule has 1 aromatic heterocycles. The second-order valence-corrected chi connectivity index (χ2v) is 5.66. The molecule has 6 nitrogen and oxygen atoms in total. The van der Waals surface area contributed by atoms with Crippen LogP contribution in [-0.4, -0.2) is 30.1 Å². The third-order valence-electron chi connectivity index (χ3n) is 3.97. The molecule has 1 amide bonds. The number of oxazole rings is 1. The summed E-state index contributed by atoms with van der Waals surface area (Å²) in [4.78, 5) is 15.6. The number of carbonyl (C=O) groups excluding carboxylic acids is 1. The highest BCUT2D eigenvalue weighted by atomic mass is 35.5. The maximum atomic E-state index is 12.6. The molecular weight excluding hydrogens is 363 g/mol. The van der Waals surface area contributed by atoms with Crippen LogP contribution in [-0.2, 0) is 15.7 Å². The molecule has 1 atom stereocenters. The van der Waals surface area contributed by atoms with Gasteiger partial charge in [-0.3, -0.25) is 4.79 Å². The van der Waals surface area contributed by atoms with E-state index in [4.69, 9.17) is 10.5 Å². The Kier molecular flexibility index (Phi) is 5.91. The van der Waals surface area contributed by atoms with Crippen molar-refractivity contribution in [3.63, 3.8) is 0 Å². The second kappa shape index (κ2) is 7.59. The molecule has 1 unspecified atom stereocenters. The number of alkyl halides is 3. The van der Waals surface area contributed by atoms with Crippen molar-refractivity contribution in [2.24, 2.45) is 11.7 Å². The monoisotopic (exact) mass is 379 g/mol. The van der Waals surface area contributed by atoms with E-state index < -0.39 is 18.1 Å². The lowest BCUT2D eigenvalue weighted by atomic mass is 9.92. The first-order valence-electron chi connectivity index (χ1n) is 7.46. The summed E-state index contributed by atoms with van der Waals surface area (Å²) < 4.78 is 47.7. The number of nitrogens with two attached hydrogens (primary N) is 1. The Morgan fingerprint density at radius 1 is 1.32 bits per heavy atom. The average molecular weight is 380 g/mol. The number of hydrogen-bond acceptors (Lipinski definition) is 5. The van der Waals surface area contributed by atoms with Gasteiger partial charge in [-0.25, -0.2) is 4.98 Å². The quantitative estimate of drug-likeness (QED) is 0.855. The van der Waals surface area contributed by atoms with Gasteiger partial charge in [0.15, 0.2) is 5.58 Å². The van der Waals surface area contributed by atoms with Crippen LogP contribution in [0.1, 0.15) is 18.7 Å². The first-order valence-corrected chi connectivity index (χ1v) is 7.46. The van der Waals surface area contributed by atoms with E-state index in [0.29, 0.717) is 31.7 Å². The van der Waals surface area contributed by atoms with E-state index in [9.17, 15) is 18.0 Å². The fraction of sp³-hybridized carbons (Fsp3) is 0.467. The lowest BCUT2D eigenvalue weighted by Gasteiger charge is -2.26. The minimum absolute atomic E-state index is 0. The van der Waals surface area contributed by atoms with E-state index in [2.05, 4.69) is 14.7 Å². The van der Waals surface area contributed by atoms with E-state index in [1.54, 1.807) is 0 Å². The Balaban J connectivity index is 0.00000225. The molecule has 2 heterocycles. The summed E-state index contributed by atoms with van der Waals surface area (Å²) in [6.07, 6.45) is -3.26. The lowest BCUT2D eigenvalue weighted by Crippen LogP contribution is -2.43. The Bertz CT molecular complexity index is 744. The van der Waals surface area contributed by atoms with Crippen molar-refractivity contribution in [2.45, 2.75) is 25.1 Å². The number of amides is 1. The molecule has 3 rings (SSSR count). The van der Waals surface area contributed by atoms with Gasteiger partial charge in [0.05, 0.1) is 6.04 Å². The van der Waals surface area contributed by atoms with Gasteiger partial charge in [0.2, 0.25) is 5.91 Å². The number of carbonyl (C=O) groups is 1. The minimum Gasteiger partial charge on any atom is -0.433 e. The van der Waals surface area contributed by atoms with Crippen molar-refractivity contribution in [2.75, 3.05) is 18.5 Å².